The number of sulfonamides is 1. The Kier molecular flexibility index (Phi) is 4.47. The maximum Gasteiger partial charge on any atom is 0.276 e. The summed E-state index contributed by atoms with van der Waals surface area (Å²) < 4.78 is 24.1. The van der Waals surface area contributed by atoms with Gasteiger partial charge in [-0.1, -0.05) is 11.6 Å². The third-order valence-corrected chi connectivity index (χ3v) is 5.14. The molecule has 1 heterocycles. The second-order valence-corrected chi connectivity index (χ2v) is 7.54. The Morgan fingerprint density at radius 3 is 2.40 bits per heavy atom. The minimum absolute atomic E-state index is 0.126. The second-order valence-electron chi connectivity index (χ2n) is 4.16. The standard InChI is InChI=1S/C13H13ClN2O2S2/c1-9-3-8-13(19-9)10(2)15-16-20(17,18)12-6-4-11(14)5-7-12/h3-8,16H,1-2H3. The quantitative estimate of drug-likeness (QED) is 0.690. The van der Waals surface area contributed by atoms with Crippen LogP contribution in [0.5, 0.6) is 0 Å². The molecule has 0 amide bonds. The van der Waals surface area contributed by atoms with Crippen molar-refractivity contribution in [3.8, 4) is 0 Å². The predicted octanol–water partition coefficient (Wildman–Crippen LogP) is 3.41. The molecule has 4 nitrogen and oxygen atoms in total. The van der Waals surface area contributed by atoms with E-state index in [2.05, 4.69) is 9.93 Å². The van der Waals surface area contributed by atoms with Gasteiger partial charge in [-0.2, -0.15) is 18.4 Å². The fourth-order valence-corrected chi connectivity index (χ4v) is 3.27. The molecule has 0 spiro atoms. The van der Waals surface area contributed by atoms with Crippen LogP contribution in [0.3, 0.4) is 0 Å². The molecule has 7 heteroatoms. The van der Waals surface area contributed by atoms with Crippen LogP contribution in [0, 0.1) is 6.92 Å². The van der Waals surface area contributed by atoms with Crippen LogP contribution in [0.1, 0.15) is 16.7 Å². The lowest BCUT2D eigenvalue weighted by molar-refractivity contribution is 0.584. The molecule has 0 radical (unpaired) electrons. The number of hydrogen-bond acceptors (Lipinski definition) is 4. The molecule has 0 aliphatic carbocycles. The number of nitrogens with one attached hydrogen (secondary N) is 1. The van der Waals surface area contributed by atoms with E-state index in [-0.39, 0.29) is 4.90 Å². The lowest BCUT2D eigenvalue weighted by atomic mass is 10.3. The van der Waals surface area contributed by atoms with E-state index in [4.69, 9.17) is 11.6 Å². The number of aryl methyl sites for hydroxylation is 1. The molecule has 2 rings (SSSR count). The van der Waals surface area contributed by atoms with Crippen molar-refractivity contribution >= 4 is 38.7 Å². The maximum atomic E-state index is 12.0. The van der Waals surface area contributed by atoms with Crippen molar-refractivity contribution in [3.05, 3.63) is 51.2 Å². The maximum absolute atomic E-state index is 12.0. The van der Waals surface area contributed by atoms with Gasteiger partial charge in [0.15, 0.2) is 0 Å². The number of hydrogen-bond donors (Lipinski definition) is 1. The summed E-state index contributed by atoms with van der Waals surface area (Å²) in [5.41, 5.74) is 0.626. The SMILES string of the molecule is CC(=NNS(=O)(=O)c1ccc(Cl)cc1)c1ccc(C)s1. The van der Waals surface area contributed by atoms with Crippen LogP contribution in [-0.4, -0.2) is 14.1 Å². The molecule has 2 aromatic rings. The molecule has 1 aromatic heterocycles. The monoisotopic (exact) mass is 328 g/mol. The van der Waals surface area contributed by atoms with Crippen LogP contribution in [0.25, 0.3) is 0 Å². The minimum Gasteiger partial charge on any atom is -0.200 e. The Labute approximate surface area is 127 Å². The number of thiophene rings is 1. The van der Waals surface area contributed by atoms with Crippen molar-refractivity contribution in [3.63, 3.8) is 0 Å². The molecule has 0 bridgehead atoms. The van der Waals surface area contributed by atoms with Crippen molar-refractivity contribution in [2.45, 2.75) is 18.7 Å². The van der Waals surface area contributed by atoms with E-state index in [1.165, 1.54) is 24.3 Å². The lowest BCUT2D eigenvalue weighted by Gasteiger charge is -2.04. The Morgan fingerprint density at radius 1 is 1.20 bits per heavy atom. The van der Waals surface area contributed by atoms with E-state index in [9.17, 15) is 8.42 Å². The van der Waals surface area contributed by atoms with Gasteiger partial charge in [-0.25, -0.2) is 0 Å². The molecule has 0 unspecified atom stereocenters. The van der Waals surface area contributed by atoms with Crippen LogP contribution >= 0.6 is 22.9 Å². The van der Waals surface area contributed by atoms with Crippen LogP contribution in [0.2, 0.25) is 5.02 Å². The highest BCUT2D eigenvalue weighted by molar-refractivity contribution is 7.89. The van der Waals surface area contributed by atoms with Crippen molar-refractivity contribution in [2.24, 2.45) is 5.10 Å². The van der Waals surface area contributed by atoms with Gasteiger partial charge in [0.25, 0.3) is 10.0 Å². The topological polar surface area (TPSA) is 58.5 Å². The summed E-state index contributed by atoms with van der Waals surface area (Å²) in [5.74, 6) is 0. The summed E-state index contributed by atoms with van der Waals surface area (Å²) in [6, 6.07) is 9.79. The summed E-state index contributed by atoms with van der Waals surface area (Å²) >= 11 is 7.29. The molecule has 0 saturated carbocycles. The molecule has 0 fully saturated rings. The first-order valence-corrected chi connectivity index (χ1v) is 8.45. The highest BCUT2D eigenvalue weighted by atomic mass is 35.5. The van der Waals surface area contributed by atoms with E-state index in [0.29, 0.717) is 10.7 Å². The average Bonchev–Trinajstić information content (AvgIpc) is 2.83. The van der Waals surface area contributed by atoms with Crippen LogP contribution < -0.4 is 4.83 Å². The van der Waals surface area contributed by atoms with E-state index in [1.807, 2.05) is 19.1 Å². The molecule has 0 aliphatic rings. The van der Waals surface area contributed by atoms with Crippen molar-refractivity contribution in [2.75, 3.05) is 0 Å². The zero-order valence-corrected chi connectivity index (χ0v) is 13.3. The second kappa shape index (κ2) is 5.95. The predicted molar refractivity (Wildman–Crippen MR) is 83.0 cm³/mol. The third-order valence-electron chi connectivity index (χ3n) is 2.55. The third kappa shape index (κ3) is 3.59. The molecule has 0 atom stereocenters. The lowest BCUT2D eigenvalue weighted by Crippen LogP contribution is -2.19. The summed E-state index contributed by atoms with van der Waals surface area (Å²) in [4.78, 5) is 4.43. The largest absolute Gasteiger partial charge is 0.276 e. The molecule has 1 aromatic carbocycles. The zero-order chi connectivity index (χ0) is 14.8. The first kappa shape index (κ1) is 15.0. The van der Waals surface area contributed by atoms with Crippen molar-refractivity contribution in [1.29, 1.82) is 0 Å². The zero-order valence-electron chi connectivity index (χ0n) is 10.9. The molecule has 106 valence electrons. The van der Waals surface area contributed by atoms with Crippen molar-refractivity contribution in [1.82, 2.24) is 4.83 Å². The van der Waals surface area contributed by atoms with Crippen LogP contribution in [-0.2, 0) is 10.0 Å². The highest BCUT2D eigenvalue weighted by Gasteiger charge is 2.13. The van der Waals surface area contributed by atoms with Gasteiger partial charge in [-0.05, 0) is 50.2 Å². The number of hydrazone groups is 1. The van der Waals surface area contributed by atoms with E-state index in [1.54, 1.807) is 18.3 Å². The van der Waals surface area contributed by atoms with Crippen LogP contribution in [0.15, 0.2) is 46.4 Å². The molecule has 20 heavy (non-hydrogen) atoms. The molecule has 1 N–H and O–H groups in total. The molecular weight excluding hydrogens is 316 g/mol. The fraction of sp³-hybridized carbons (Fsp3) is 0.154. The van der Waals surface area contributed by atoms with Gasteiger partial charge in [-0.3, -0.25) is 0 Å². The number of rotatable bonds is 4. The van der Waals surface area contributed by atoms with Crippen LogP contribution in [0.4, 0.5) is 0 Å². The average molecular weight is 329 g/mol. The summed E-state index contributed by atoms with van der Waals surface area (Å²) in [6.45, 7) is 3.75. The Bertz CT molecular complexity index is 734. The van der Waals surface area contributed by atoms with E-state index >= 15 is 0 Å². The smallest absolute Gasteiger partial charge is 0.200 e. The highest BCUT2D eigenvalue weighted by Crippen LogP contribution is 2.17. The Morgan fingerprint density at radius 2 is 1.85 bits per heavy atom. The van der Waals surface area contributed by atoms with Gasteiger partial charge in [0.05, 0.1) is 15.5 Å². The van der Waals surface area contributed by atoms with Gasteiger partial charge >= 0.3 is 0 Å². The van der Waals surface area contributed by atoms with Gasteiger partial charge in [0.1, 0.15) is 0 Å². The first-order chi connectivity index (χ1) is 9.38. The molecule has 0 aliphatic heterocycles. The van der Waals surface area contributed by atoms with E-state index < -0.39 is 10.0 Å². The minimum atomic E-state index is -3.66. The Hall–Kier alpha value is -1.37. The summed E-state index contributed by atoms with van der Waals surface area (Å²) in [5, 5.41) is 4.42. The summed E-state index contributed by atoms with van der Waals surface area (Å²) in [6.07, 6.45) is 0. The number of halogens is 1. The summed E-state index contributed by atoms with van der Waals surface area (Å²) in [7, 11) is -3.66. The molecular formula is C13H13ClN2O2S2. The van der Waals surface area contributed by atoms with Gasteiger partial charge in [-0.15, -0.1) is 11.3 Å². The van der Waals surface area contributed by atoms with Gasteiger partial charge < -0.3 is 0 Å². The van der Waals surface area contributed by atoms with Gasteiger partial charge in [0, 0.05) is 9.90 Å². The fourth-order valence-electron chi connectivity index (χ4n) is 1.48. The molecule has 0 saturated heterocycles. The first-order valence-electron chi connectivity index (χ1n) is 5.77. The van der Waals surface area contributed by atoms with Crippen molar-refractivity contribution < 1.29 is 8.42 Å². The Balaban J connectivity index is 2.18. The van der Waals surface area contributed by atoms with E-state index in [0.717, 1.165) is 9.75 Å². The van der Waals surface area contributed by atoms with Gasteiger partial charge in [0.2, 0.25) is 0 Å². The number of nitrogens with zero attached hydrogens (tertiary/aromatic N) is 1. The number of benzene rings is 1. The normalized spacial score (nSPS) is 12.4.